The van der Waals surface area contributed by atoms with E-state index in [9.17, 15) is 8.42 Å². The van der Waals surface area contributed by atoms with Crippen LogP contribution in [-0.2, 0) is 9.84 Å². The van der Waals surface area contributed by atoms with E-state index >= 15 is 0 Å². The van der Waals surface area contributed by atoms with E-state index in [4.69, 9.17) is 16.3 Å². The van der Waals surface area contributed by atoms with Crippen molar-refractivity contribution in [1.29, 1.82) is 0 Å². The third-order valence-electron chi connectivity index (χ3n) is 5.48. The van der Waals surface area contributed by atoms with Crippen molar-refractivity contribution in [3.8, 4) is 5.75 Å². The lowest BCUT2D eigenvalue weighted by molar-refractivity contribution is 0.414. The van der Waals surface area contributed by atoms with Crippen LogP contribution in [0.2, 0.25) is 0 Å². The molecule has 1 aliphatic heterocycles. The molecular weight excluding hydrogens is 396 g/mol. The lowest BCUT2D eigenvalue weighted by atomic mass is 10.1. The van der Waals surface area contributed by atoms with Crippen LogP contribution in [0.15, 0.2) is 52.9 Å². The maximum atomic E-state index is 13.4. The number of anilines is 1. The number of benzene rings is 2. The summed E-state index contributed by atoms with van der Waals surface area (Å²) in [5.74, 6) is 0.656. The second-order valence-electron chi connectivity index (χ2n) is 7.11. The summed E-state index contributed by atoms with van der Waals surface area (Å²) < 4.78 is 32.2. The minimum absolute atomic E-state index is 0.309. The van der Waals surface area contributed by atoms with Crippen molar-refractivity contribution in [3.63, 3.8) is 0 Å². The third kappa shape index (κ3) is 3.19. The van der Waals surface area contributed by atoms with Crippen molar-refractivity contribution in [2.45, 2.75) is 17.1 Å². The lowest BCUT2D eigenvalue weighted by Crippen LogP contribution is -2.43. The summed E-state index contributed by atoms with van der Waals surface area (Å²) in [5.41, 5.74) is 3.12. The van der Waals surface area contributed by atoms with Gasteiger partial charge >= 0.3 is 0 Å². The number of hydrogen-bond donors (Lipinski definition) is 1. The summed E-state index contributed by atoms with van der Waals surface area (Å²) in [5, 5.41) is 3.03. The number of nitrogens with zero attached hydrogens (tertiary/aromatic N) is 1. The molecule has 1 N–H and O–H groups in total. The van der Waals surface area contributed by atoms with Crippen LogP contribution in [0, 0.1) is 0 Å². The Morgan fingerprint density at radius 1 is 1.11 bits per heavy atom. The molecule has 1 aliphatic carbocycles. The quantitative estimate of drug-likeness (QED) is 0.822. The Hall–Kier alpha value is -2.02. The van der Waals surface area contributed by atoms with Crippen LogP contribution < -0.4 is 15.0 Å². The van der Waals surface area contributed by atoms with E-state index in [-0.39, 0.29) is 0 Å². The second-order valence-corrected chi connectivity index (χ2v) is 9.52. The van der Waals surface area contributed by atoms with Gasteiger partial charge in [0.2, 0.25) is 0 Å². The summed E-state index contributed by atoms with van der Waals surface area (Å²) in [7, 11) is -2.04. The normalized spacial score (nSPS) is 19.7. The zero-order valence-electron chi connectivity index (χ0n) is 15.9. The van der Waals surface area contributed by atoms with E-state index in [2.05, 4.69) is 10.2 Å². The highest BCUT2D eigenvalue weighted by Gasteiger charge is 2.38. The van der Waals surface area contributed by atoms with Gasteiger partial charge in [0, 0.05) is 42.5 Å². The van der Waals surface area contributed by atoms with Crippen LogP contribution in [0.1, 0.15) is 23.3 Å². The van der Waals surface area contributed by atoms with Gasteiger partial charge in [0.05, 0.1) is 12.0 Å². The van der Waals surface area contributed by atoms with Gasteiger partial charge in [-0.25, -0.2) is 8.42 Å². The fourth-order valence-corrected chi connectivity index (χ4v) is 6.20. The van der Waals surface area contributed by atoms with E-state index in [0.29, 0.717) is 26.8 Å². The van der Waals surface area contributed by atoms with Crippen LogP contribution in [0.25, 0.3) is 5.03 Å². The van der Waals surface area contributed by atoms with Crippen molar-refractivity contribution >= 4 is 32.2 Å². The molecule has 0 bridgehead atoms. The molecule has 28 heavy (non-hydrogen) atoms. The molecular formula is C21H23ClN2O3S. The molecule has 4 rings (SSSR count). The van der Waals surface area contributed by atoms with E-state index < -0.39 is 15.1 Å². The highest BCUT2D eigenvalue weighted by atomic mass is 35.5. The number of fused-ring (bicyclic) bond motifs is 1. The van der Waals surface area contributed by atoms with Gasteiger partial charge in [0.15, 0.2) is 9.84 Å². The predicted octanol–water partition coefficient (Wildman–Crippen LogP) is 3.60. The van der Waals surface area contributed by atoms with Gasteiger partial charge in [0.1, 0.15) is 11.0 Å². The summed E-state index contributed by atoms with van der Waals surface area (Å²) in [4.78, 5) is 2.57. The Labute approximate surface area is 170 Å². The van der Waals surface area contributed by atoms with Gasteiger partial charge in [-0.05, 0) is 54.5 Å². The smallest absolute Gasteiger partial charge is 0.189 e. The van der Waals surface area contributed by atoms with Crippen LogP contribution in [0.5, 0.6) is 5.75 Å². The Bertz CT molecular complexity index is 1030. The van der Waals surface area contributed by atoms with Gasteiger partial charge < -0.3 is 15.0 Å². The highest BCUT2D eigenvalue weighted by molar-refractivity contribution is 7.92. The van der Waals surface area contributed by atoms with Crippen molar-refractivity contribution in [1.82, 2.24) is 5.32 Å². The predicted molar refractivity (Wildman–Crippen MR) is 113 cm³/mol. The van der Waals surface area contributed by atoms with Gasteiger partial charge in [0.25, 0.3) is 0 Å². The number of ether oxygens (including phenoxy) is 1. The van der Waals surface area contributed by atoms with E-state index in [1.807, 2.05) is 12.1 Å². The number of piperazine rings is 1. The Kier molecular flexibility index (Phi) is 5.12. The maximum Gasteiger partial charge on any atom is 0.189 e. The zero-order valence-corrected chi connectivity index (χ0v) is 17.5. The molecule has 0 aromatic heterocycles. The summed E-state index contributed by atoms with van der Waals surface area (Å²) in [6.07, 6.45) is 0. The molecule has 1 atom stereocenters. The SMILES string of the molecule is COc1ccc2c(c1)C(Cl)=C(C)C2S(=O)(=O)c1ccc(N2CCNCC2)cc1. The molecule has 1 unspecified atom stereocenters. The first-order chi connectivity index (χ1) is 13.4. The van der Waals surface area contributed by atoms with Crippen LogP contribution >= 0.6 is 11.6 Å². The van der Waals surface area contributed by atoms with Crippen molar-refractivity contribution < 1.29 is 13.2 Å². The number of sulfone groups is 1. The molecule has 0 saturated carbocycles. The van der Waals surface area contributed by atoms with Crippen molar-refractivity contribution in [2.24, 2.45) is 0 Å². The maximum absolute atomic E-state index is 13.4. The molecule has 1 fully saturated rings. The van der Waals surface area contributed by atoms with Gasteiger partial charge in [-0.15, -0.1) is 0 Å². The average Bonchev–Trinajstić information content (AvgIpc) is 2.99. The molecule has 7 heteroatoms. The summed E-state index contributed by atoms with van der Waals surface area (Å²) in [6.45, 7) is 5.49. The molecule has 2 aromatic rings. The second kappa shape index (κ2) is 7.43. The zero-order chi connectivity index (χ0) is 19.9. The molecule has 2 aromatic carbocycles. The fourth-order valence-electron chi connectivity index (χ4n) is 3.95. The fraction of sp³-hybridized carbons (Fsp3) is 0.333. The standard InChI is InChI=1S/C21H23ClN2O3S/c1-14-20(22)19-13-16(27-2)5-8-18(19)21(14)28(25,26)17-6-3-15(4-7-17)24-11-9-23-10-12-24/h3-8,13,21,23H,9-12H2,1-2H3. The Morgan fingerprint density at radius 2 is 1.79 bits per heavy atom. The number of halogens is 1. The number of hydrogen-bond acceptors (Lipinski definition) is 5. The number of rotatable bonds is 4. The molecule has 0 radical (unpaired) electrons. The van der Waals surface area contributed by atoms with E-state index in [1.54, 1.807) is 44.4 Å². The van der Waals surface area contributed by atoms with Gasteiger partial charge in [-0.3, -0.25) is 0 Å². The highest BCUT2D eigenvalue weighted by Crippen LogP contribution is 2.49. The van der Waals surface area contributed by atoms with Crippen LogP contribution in [-0.4, -0.2) is 41.7 Å². The largest absolute Gasteiger partial charge is 0.497 e. The molecule has 148 valence electrons. The minimum atomic E-state index is -3.62. The minimum Gasteiger partial charge on any atom is -0.497 e. The van der Waals surface area contributed by atoms with Crippen LogP contribution in [0.4, 0.5) is 5.69 Å². The third-order valence-corrected chi connectivity index (χ3v) is 8.14. The topological polar surface area (TPSA) is 58.6 Å². The number of nitrogens with one attached hydrogen (secondary N) is 1. The van der Waals surface area contributed by atoms with Crippen LogP contribution in [0.3, 0.4) is 0 Å². The Balaban J connectivity index is 1.69. The summed E-state index contributed by atoms with van der Waals surface area (Å²) >= 11 is 6.48. The molecule has 0 spiro atoms. The molecule has 1 heterocycles. The van der Waals surface area contributed by atoms with Gasteiger partial charge in [-0.2, -0.15) is 0 Å². The monoisotopic (exact) mass is 418 g/mol. The molecule has 0 amide bonds. The van der Waals surface area contributed by atoms with E-state index in [0.717, 1.165) is 37.4 Å². The molecule has 2 aliphatic rings. The summed E-state index contributed by atoms with van der Waals surface area (Å²) in [6, 6.07) is 12.6. The van der Waals surface area contributed by atoms with Crippen molar-refractivity contribution in [3.05, 3.63) is 59.2 Å². The van der Waals surface area contributed by atoms with Crippen molar-refractivity contribution in [2.75, 3.05) is 38.2 Å². The molecule has 1 saturated heterocycles. The van der Waals surface area contributed by atoms with Gasteiger partial charge in [-0.1, -0.05) is 17.7 Å². The van der Waals surface area contributed by atoms with E-state index in [1.165, 1.54) is 0 Å². The lowest BCUT2D eigenvalue weighted by Gasteiger charge is -2.29. The first kappa shape index (κ1) is 19.3. The first-order valence-electron chi connectivity index (χ1n) is 9.27. The Morgan fingerprint density at radius 3 is 2.43 bits per heavy atom. The molecule has 5 nitrogen and oxygen atoms in total. The first-order valence-corrected chi connectivity index (χ1v) is 11.2. The number of methoxy groups -OCH3 is 1. The average molecular weight is 419 g/mol.